The van der Waals surface area contributed by atoms with Gasteiger partial charge in [0.2, 0.25) is 5.95 Å². The predicted molar refractivity (Wildman–Crippen MR) is 93.3 cm³/mol. The van der Waals surface area contributed by atoms with Gasteiger partial charge in [-0.15, -0.1) is 5.10 Å². The normalized spacial score (nSPS) is 15.2. The Morgan fingerprint density at radius 2 is 1.96 bits per heavy atom. The van der Waals surface area contributed by atoms with Crippen molar-refractivity contribution in [1.82, 2.24) is 15.2 Å². The molecule has 1 aliphatic heterocycles. The summed E-state index contributed by atoms with van der Waals surface area (Å²) in [4.78, 5) is 6.85. The summed E-state index contributed by atoms with van der Waals surface area (Å²) >= 11 is 0. The number of benzene rings is 1. The highest BCUT2D eigenvalue weighted by atomic mass is 16.5. The van der Waals surface area contributed by atoms with Crippen molar-refractivity contribution in [1.29, 1.82) is 0 Å². The van der Waals surface area contributed by atoms with E-state index in [4.69, 9.17) is 9.47 Å². The maximum atomic E-state index is 5.37. The van der Waals surface area contributed by atoms with E-state index in [1.54, 1.807) is 20.4 Å². The third-order valence-electron chi connectivity index (χ3n) is 4.31. The highest BCUT2D eigenvalue weighted by Gasteiger charge is 2.18. The Labute approximate surface area is 142 Å². The molecule has 0 bridgehead atoms. The second-order valence-electron chi connectivity index (χ2n) is 6.00. The molecule has 0 amide bonds. The zero-order valence-electron chi connectivity index (χ0n) is 14.3. The molecule has 24 heavy (non-hydrogen) atoms. The van der Waals surface area contributed by atoms with Gasteiger partial charge in [-0.1, -0.05) is 6.92 Å². The first kappa shape index (κ1) is 16.3. The van der Waals surface area contributed by atoms with Gasteiger partial charge in [0.15, 0.2) is 5.82 Å². The Morgan fingerprint density at radius 1 is 1.17 bits per heavy atom. The number of anilines is 3. The number of hydrogen-bond donors (Lipinski definition) is 1. The molecule has 128 valence electrons. The summed E-state index contributed by atoms with van der Waals surface area (Å²) in [5.41, 5.74) is 0.739. The van der Waals surface area contributed by atoms with Gasteiger partial charge in [-0.05, 0) is 30.9 Å². The smallest absolute Gasteiger partial charge is 0.249 e. The van der Waals surface area contributed by atoms with Gasteiger partial charge in [-0.2, -0.15) is 10.1 Å². The Kier molecular flexibility index (Phi) is 4.98. The molecule has 1 N–H and O–H groups in total. The third kappa shape index (κ3) is 3.67. The maximum Gasteiger partial charge on any atom is 0.249 e. The van der Waals surface area contributed by atoms with Crippen LogP contribution in [0, 0.1) is 5.92 Å². The van der Waals surface area contributed by atoms with Gasteiger partial charge in [-0.3, -0.25) is 0 Å². The standard InChI is InChI=1S/C17H23N5O2/c1-12-6-8-22(9-7-12)16-11-18-21-17(20-16)19-14-10-13(23-2)4-5-15(14)24-3/h4-5,10-12H,6-9H2,1-3H3,(H,19,20,21). The van der Waals surface area contributed by atoms with Crippen LogP contribution < -0.4 is 19.7 Å². The summed E-state index contributed by atoms with van der Waals surface area (Å²) in [7, 11) is 3.25. The van der Waals surface area contributed by atoms with E-state index in [2.05, 4.69) is 32.3 Å². The van der Waals surface area contributed by atoms with Gasteiger partial charge in [0, 0.05) is 19.2 Å². The zero-order chi connectivity index (χ0) is 16.9. The van der Waals surface area contributed by atoms with E-state index < -0.39 is 0 Å². The van der Waals surface area contributed by atoms with Crippen LogP contribution in [0.1, 0.15) is 19.8 Å². The molecule has 0 atom stereocenters. The lowest BCUT2D eigenvalue weighted by Crippen LogP contribution is -2.33. The van der Waals surface area contributed by atoms with Crippen LogP contribution in [0.2, 0.25) is 0 Å². The monoisotopic (exact) mass is 329 g/mol. The number of piperidine rings is 1. The molecule has 7 heteroatoms. The molecule has 0 radical (unpaired) electrons. The van der Waals surface area contributed by atoms with E-state index in [-0.39, 0.29) is 0 Å². The molecule has 1 saturated heterocycles. The van der Waals surface area contributed by atoms with Gasteiger partial charge in [0.05, 0.1) is 26.1 Å². The van der Waals surface area contributed by atoms with Crippen LogP contribution >= 0.6 is 0 Å². The average molecular weight is 329 g/mol. The van der Waals surface area contributed by atoms with E-state index in [0.717, 1.165) is 36.3 Å². The van der Waals surface area contributed by atoms with Crippen LogP contribution in [0.25, 0.3) is 0 Å². The highest BCUT2D eigenvalue weighted by molar-refractivity contribution is 5.65. The third-order valence-corrected chi connectivity index (χ3v) is 4.31. The summed E-state index contributed by atoms with van der Waals surface area (Å²) in [6, 6.07) is 5.52. The number of rotatable bonds is 5. The minimum absolute atomic E-state index is 0.442. The molecule has 7 nitrogen and oxygen atoms in total. The second-order valence-corrected chi connectivity index (χ2v) is 6.00. The Morgan fingerprint density at radius 3 is 2.67 bits per heavy atom. The SMILES string of the molecule is COc1ccc(OC)c(Nc2nncc(N3CCC(C)CC3)n2)c1. The number of methoxy groups -OCH3 is 2. The maximum absolute atomic E-state index is 5.37. The van der Waals surface area contributed by atoms with Crippen molar-refractivity contribution in [3.05, 3.63) is 24.4 Å². The summed E-state index contributed by atoms with van der Waals surface area (Å²) in [5, 5.41) is 11.3. The first-order valence-corrected chi connectivity index (χ1v) is 8.13. The van der Waals surface area contributed by atoms with Crippen molar-refractivity contribution < 1.29 is 9.47 Å². The van der Waals surface area contributed by atoms with E-state index in [0.29, 0.717) is 11.7 Å². The molecule has 3 rings (SSSR count). The Balaban J connectivity index is 1.80. The Hall–Kier alpha value is -2.57. The van der Waals surface area contributed by atoms with Gasteiger partial charge < -0.3 is 19.7 Å². The molecule has 1 fully saturated rings. The number of ether oxygens (including phenoxy) is 2. The van der Waals surface area contributed by atoms with Crippen LogP contribution in [0.15, 0.2) is 24.4 Å². The molecular weight excluding hydrogens is 306 g/mol. The van der Waals surface area contributed by atoms with Crippen LogP contribution in [0.4, 0.5) is 17.5 Å². The van der Waals surface area contributed by atoms with E-state index in [1.807, 2.05) is 18.2 Å². The van der Waals surface area contributed by atoms with Crippen molar-refractivity contribution >= 4 is 17.5 Å². The van der Waals surface area contributed by atoms with Gasteiger partial charge >= 0.3 is 0 Å². The minimum atomic E-state index is 0.442. The molecule has 0 saturated carbocycles. The van der Waals surface area contributed by atoms with Crippen LogP contribution in [0.3, 0.4) is 0 Å². The lowest BCUT2D eigenvalue weighted by Gasteiger charge is -2.30. The lowest BCUT2D eigenvalue weighted by molar-refractivity contribution is 0.404. The second kappa shape index (κ2) is 7.33. The van der Waals surface area contributed by atoms with Gasteiger partial charge in [-0.25, -0.2) is 0 Å². The number of nitrogens with zero attached hydrogens (tertiary/aromatic N) is 4. The molecule has 2 aromatic rings. The average Bonchev–Trinajstić information content (AvgIpc) is 2.62. The zero-order valence-corrected chi connectivity index (χ0v) is 14.3. The van der Waals surface area contributed by atoms with Crippen molar-refractivity contribution in [2.75, 3.05) is 37.5 Å². The fourth-order valence-electron chi connectivity index (χ4n) is 2.77. The van der Waals surface area contributed by atoms with E-state index in [9.17, 15) is 0 Å². The number of hydrogen-bond acceptors (Lipinski definition) is 7. The first-order valence-electron chi connectivity index (χ1n) is 8.13. The molecule has 2 heterocycles. The van der Waals surface area contributed by atoms with Crippen molar-refractivity contribution in [2.45, 2.75) is 19.8 Å². The summed E-state index contributed by atoms with van der Waals surface area (Å²) in [6.07, 6.45) is 4.07. The number of nitrogens with one attached hydrogen (secondary N) is 1. The largest absolute Gasteiger partial charge is 0.497 e. The Bertz CT molecular complexity index is 686. The van der Waals surface area contributed by atoms with E-state index in [1.165, 1.54) is 12.8 Å². The van der Waals surface area contributed by atoms with Crippen LogP contribution in [-0.4, -0.2) is 42.5 Å². The van der Waals surface area contributed by atoms with Crippen molar-refractivity contribution in [2.24, 2.45) is 5.92 Å². The molecule has 0 spiro atoms. The topological polar surface area (TPSA) is 72.4 Å². The fraction of sp³-hybridized carbons (Fsp3) is 0.471. The molecule has 0 aliphatic carbocycles. The fourth-order valence-corrected chi connectivity index (χ4v) is 2.77. The molecular formula is C17H23N5O2. The first-order chi connectivity index (χ1) is 11.7. The van der Waals surface area contributed by atoms with Gasteiger partial charge in [0.25, 0.3) is 0 Å². The molecule has 0 unspecified atom stereocenters. The van der Waals surface area contributed by atoms with Gasteiger partial charge in [0.1, 0.15) is 11.5 Å². The lowest BCUT2D eigenvalue weighted by atomic mass is 9.99. The summed E-state index contributed by atoms with van der Waals surface area (Å²) < 4.78 is 10.6. The minimum Gasteiger partial charge on any atom is -0.497 e. The van der Waals surface area contributed by atoms with Crippen molar-refractivity contribution in [3.63, 3.8) is 0 Å². The molecule has 1 aromatic carbocycles. The van der Waals surface area contributed by atoms with Crippen LogP contribution in [0.5, 0.6) is 11.5 Å². The highest BCUT2D eigenvalue weighted by Crippen LogP contribution is 2.31. The number of aromatic nitrogens is 3. The van der Waals surface area contributed by atoms with Crippen LogP contribution in [-0.2, 0) is 0 Å². The van der Waals surface area contributed by atoms with E-state index >= 15 is 0 Å². The van der Waals surface area contributed by atoms with Crippen molar-refractivity contribution in [3.8, 4) is 11.5 Å². The quantitative estimate of drug-likeness (QED) is 0.904. The molecule has 1 aliphatic rings. The predicted octanol–water partition coefficient (Wildman–Crippen LogP) is 2.87. The molecule has 1 aromatic heterocycles. The summed E-state index contributed by atoms with van der Waals surface area (Å²) in [6.45, 7) is 4.29. The summed E-state index contributed by atoms with van der Waals surface area (Å²) in [5.74, 6) is 3.48.